The van der Waals surface area contributed by atoms with Crippen LogP contribution < -0.4 is 19.8 Å². The van der Waals surface area contributed by atoms with E-state index in [1.54, 1.807) is 24.3 Å². The van der Waals surface area contributed by atoms with E-state index in [4.69, 9.17) is 4.74 Å². The predicted octanol–water partition coefficient (Wildman–Crippen LogP) is 0.0300. The highest BCUT2D eigenvalue weighted by molar-refractivity contribution is 5.70. The highest BCUT2D eigenvalue weighted by atomic mass is 16.5. The van der Waals surface area contributed by atoms with Crippen LogP contribution in [0.2, 0.25) is 0 Å². The molecule has 2 amide bonds. The summed E-state index contributed by atoms with van der Waals surface area (Å²) in [5.74, 6) is 0. The van der Waals surface area contributed by atoms with E-state index < -0.39 is 0 Å². The molecule has 0 aliphatic carbocycles. The van der Waals surface area contributed by atoms with E-state index in [0.717, 1.165) is 11.4 Å². The summed E-state index contributed by atoms with van der Waals surface area (Å²) >= 11 is 0. The average Bonchev–Trinajstić information content (AvgIpc) is 2.51. The monoisotopic (exact) mass is 288 g/mol. The molecule has 0 aromatic carbocycles. The van der Waals surface area contributed by atoms with Gasteiger partial charge in [-0.1, -0.05) is 0 Å². The van der Waals surface area contributed by atoms with Crippen LogP contribution in [0, 0.1) is 0 Å². The van der Waals surface area contributed by atoms with Gasteiger partial charge in [0.15, 0.2) is 24.8 Å². The Hall–Kier alpha value is -2.80. The summed E-state index contributed by atoms with van der Waals surface area (Å²) in [7, 11) is 0. The normalized spacial score (nSPS) is 9.90. The maximum atomic E-state index is 10.3. The minimum absolute atomic E-state index is 0.392. The van der Waals surface area contributed by atoms with E-state index in [1.165, 1.54) is 0 Å². The first-order valence-electron chi connectivity index (χ1n) is 6.28. The van der Waals surface area contributed by atoms with Crippen molar-refractivity contribution in [2.24, 2.45) is 0 Å². The van der Waals surface area contributed by atoms with Gasteiger partial charge in [-0.25, -0.2) is 0 Å². The van der Waals surface area contributed by atoms with Gasteiger partial charge in [0.2, 0.25) is 12.8 Å². The summed E-state index contributed by atoms with van der Waals surface area (Å²) in [6.07, 6.45) is 8.52. The zero-order valence-corrected chi connectivity index (χ0v) is 11.3. The van der Waals surface area contributed by atoms with Gasteiger partial charge < -0.3 is 10.6 Å². The molecular formula is C14H16N4O3+2. The molecule has 7 nitrogen and oxygen atoms in total. The van der Waals surface area contributed by atoms with Gasteiger partial charge >= 0.3 is 0 Å². The SMILES string of the molecule is O=CNc1cc[n+](COC[n+]2ccc(NC=O)cc2)cc1. The number of ether oxygens (including phenoxy) is 1. The second kappa shape index (κ2) is 7.71. The molecule has 0 saturated heterocycles. The van der Waals surface area contributed by atoms with E-state index in [-0.39, 0.29) is 0 Å². The number of hydrogen-bond donors (Lipinski definition) is 2. The van der Waals surface area contributed by atoms with Crippen molar-refractivity contribution in [2.75, 3.05) is 10.6 Å². The first kappa shape index (κ1) is 14.6. The summed E-state index contributed by atoms with van der Waals surface area (Å²) < 4.78 is 9.24. The Kier molecular flexibility index (Phi) is 5.36. The molecular weight excluding hydrogens is 272 g/mol. The van der Waals surface area contributed by atoms with E-state index in [2.05, 4.69) is 10.6 Å². The van der Waals surface area contributed by atoms with Crippen LogP contribution in [0.25, 0.3) is 0 Å². The molecule has 21 heavy (non-hydrogen) atoms. The molecule has 108 valence electrons. The number of amides is 2. The van der Waals surface area contributed by atoms with Crippen LogP contribution in [0.5, 0.6) is 0 Å². The second-order valence-electron chi connectivity index (χ2n) is 4.19. The lowest BCUT2D eigenvalue weighted by Gasteiger charge is -2.00. The third-order valence-corrected chi connectivity index (χ3v) is 2.71. The van der Waals surface area contributed by atoms with Gasteiger partial charge in [-0.3, -0.25) is 14.3 Å². The van der Waals surface area contributed by atoms with Gasteiger partial charge in [0.1, 0.15) is 0 Å². The molecule has 2 aromatic heterocycles. The van der Waals surface area contributed by atoms with E-state index >= 15 is 0 Å². The van der Waals surface area contributed by atoms with Crippen LogP contribution in [0.15, 0.2) is 49.1 Å². The summed E-state index contributed by atoms with van der Waals surface area (Å²) in [6, 6.07) is 7.13. The standard InChI is InChI=1S/C14H14N4O3/c19-9-15-13-1-5-17(6-2-13)11-21-12-18-7-3-14(4-8-18)16-10-20/h1-10H,11-12H2/p+2. The maximum absolute atomic E-state index is 10.3. The van der Waals surface area contributed by atoms with Gasteiger partial charge in [-0.2, -0.15) is 9.13 Å². The molecule has 2 rings (SSSR count). The van der Waals surface area contributed by atoms with Crippen molar-refractivity contribution in [3.8, 4) is 0 Å². The topological polar surface area (TPSA) is 75.2 Å². The minimum atomic E-state index is 0.392. The third kappa shape index (κ3) is 4.66. The molecule has 2 aromatic rings. The first-order valence-corrected chi connectivity index (χ1v) is 6.28. The van der Waals surface area contributed by atoms with Crippen LogP contribution in [0.1, 0.15) is 0 Å². The number of hydrogen-bond acceptors (Lipinski definition) is 3. The number of carbonyl (C=O) groups excluding carboxylic acids is 2. The van der Waals surface area contributed by atoms with Crippen LogP contribution in [0.4, 0.5) is 11.4 Å². The lowest BCUT2D eigenvalue weighted by molar-refractivity contribution is -0.788. The van der Waals surface area contributed by atoms with Crippen molar-refractivity contribution in [2.45, 2.75) is 13.5 Å². The lowest BCUT2D eigenvalue weighted by atomic mass is 10.4. The molecule has 0 spiro atoms. The summed E-state index contributed by atoms with van der Waals surface area (Å²) in [6.45, 7) is 0.783. The van der Waals surface area contributed by atoms with Crippen LogP contribution in [0.3, 0.4) is 0 Å². The molecule has 0 aliphatic heterocycles. The van der Waals surface area contributed by atoms with Crippen molar-refractivity contribution in [3.05, 3.63) is 49.1 Å². The van der Waals surface area contributed by atoms with E-state index in [1.807, 2.05) is 33.9 Å². The molecule has 2 N–H and O–H groups in total. The Bertz CT molecular complexity index is 531. The molecule has 7 heteroatoms. The van der Waals surface area contributed by atoms with E-state index in [9.17, 15) is 9.59 Å². The van der Waals surface area contributed by atoms with Crippen LogP contribution in [-0.2, 0) is 27.8 Å². The van der Waals surface area contributed by atoms with Gasteiger partial charge in [-0.05, 0) is 0 Å². The predicted molar refractivity (Wildman–Crippen MR) is 73.7 cm³/mol. The molecule has 0 unspecified atom stereocenters. The number of nitrogens with zero attached hydrogens (tertiary/aromatic N) is 2. The zero-order chi connectivity index (χ0) is 14.9. The molecule has 0 bridgehead atoms. The fourth-order valence-corrected chi connectivity index (χ4v) is 1.67. The van der Waals surface area contributed by atoms with Crippen molar-refractivity contribution >= 4 is 24.2 Å². The molecule has 0 radical (unpaired) electrons. The number of carbonyl (C=O) groups is 2. The zero-order valence-electron chi connectivity index (χ0n) is 11.3. The second-order valence-corrected chi connectivity index (χ2v) is 4.19. The molecule has 2 heterocycles. The summed E-state index contributed by atoms with van der Waals surface area (Å²) in [4.78, 5) is 20.6. The quantitative estimate of drug-likeness (QED) is 0.531. The maximum Gasteiger partial charge on any atom is 0.257 e. The lowest BCUT2D eigenvalue weighted by Crippen LogP contribution is -2.40. The number of rotatable bonds is 8. The summed E-state index contributed by atoms with van der Waals surface area (Å²) in [5.41, 5.74) is 1.46. The fraction of sp³-hybridized carbons (Fsp3) is 0.143. The molecule has 0 aliphatic rings. The molecule has 0 atom stereocenters. The highest BCUT2D eigenvalue weighted by Crippen LogP contribution is 2.01. The third-order valence-electron chi connectivity index (χ3n) is 2.71. The van der Waals surface area contributed by atoms with Crippen molar-refractivity contribution < 1.29 is 23.5 Å². The largest absolute Gasteiger partial charge is 0.328 e. The molecule has 0 saturated carbocycles. The van der Waals surface area contributed by atoms with Crippen LogP contribution >= 0.6 is 0 Å². The van der Waals surface area contributed by atoms with Gasteiger partial charge in [0, 0.05) is 24.3 Å². The smallest absolute Gasteiger partial charge is 0.257 e. The minimum Gasteiger partial charge on any atom is -0.328 e. The number of anilines is 2. The Morgan fingerprint density at radius 1 is 0.810 bits per heavy atom. The van der Waals surface area contributed by atoms with Gasteiger partial charge in [0.05, 0.1) is 11.4 Å². The van der Waals surface area contributed by atoms with Crippen molar-refractivity contribution in [1.29, 1.82) is 0 Å². The molecule has 0 fully saturated rings. The van der Waals surface area contributed by atoms with Crippen LogP contribution in [-0.4, -0.2) is 12.8 Å². The Morgan fingerprint density at radius 3 is 1.52 bits per heavy atom. The fourth-order valence-electron chi connectivity index (χ4n) is 1.67. The number of pyridine rings is 2. The number of nitrogens with one attached hydrogen (secondary N) is 2. The number of aromatic nitrogens is 2. The first-order chi connectivity index (χ1) is 10.3. The Labute approximate surface area is 121 Å². The highest BCUT2D eigenvalue weighted by Gasteiger charge is 2.04. The van der Waals surface area contributed by atoms with Crippen molar-refractivity contribution in [1.82, 2.24) is 0 Å². The Morgan fingerprint density at radius 2 is 1.19 bits per heavy atom. The Balaban J connectivity index is 1.80. The summed E-state index contributed by atoms with van der Waals surface area (Å²) in [5, 5.41) is 5.13. The van der Waals surface area contributed by atoms with Gasteiger partial charge in [0.25, 0.3) is 13.5 Å². The average molecular weight is 288 g/mol. The van der Waals surface area contributed by atoms with Gasteiger partial charge in [-0.15, -0.1) is 0 Å². The van der Waals surface area contributed by atoms with Crippen molar-refractivity contribution in [3.63, 3.8) is 0 Å². The van der Waals surface area contributed by atoms with E-state index in [0.29, 0.717) is 26.3 Å².